The predicted molar refractivity (Wildman–Crippen MR) is 105 cm³/mol. The Morgan fingerprint density at radius 1 is 1.07 bits per heavy atom. The average Bonchev–Trinajstić information content (AvgIpc) is 3.44. The van der Waals surface area contributed by atoms with Crippen LogP contribution in [0, 0.1) is 0 Å². The lowest BCUT2D eigenvalue weighted by Crippen LogP contribution is -2.25. The van der Waals surface area contributed by atoms with Gasteiger partial charge in [0.05, 0.1) is 5.52 Å². The number of anilines is 1. The zero-order valence-electron chi connectivity index (χ0n) is 14.5. The molecule has 3 N–H and O–H groups in total. The lowest BCUT2D eigenvalue weighted by Gasteiger charge is -2.25. The smallest absolute Gasteiger partial charge is 0.157 e. The summed E-state index contributed by atoms with van der Waals surface area (Å²) in [5.74, 6) is 2.29. The standard InChI is InChI=1S/C20H17N7/c1-2-18-23-9-14(11-27(18)5-1)15-3-4-16-20(24-15)26-19(25-16)13-6-12-7-21-10-17(12)22-8-13/h1-8,10,14,21,23H,9,11H2,(H,24,25,26). The van der Waals surface area contributed by atoms with Crippen molar-refractivity contribution in [1.29, 1.82) is 0 Å². The Hall–Kier alpha value is -3.61. The van der Waals surface area contributed by atoms with E-state index in [0.717, 1.165) is 52.2 Å². The van der Waals surface area contributed by atoms with Crippen molar-refractivity contribution in [2.24, 2.45) is 0 Å². The first-order valence-corrected chi connectivity index (χ1v) is 9.02. The SMILES string of the molecule is c1cc2n(c1)CC(c1ccc3nc(-c4cnc5c[nH]cc5c4)[nH]c3n1)CN2. The maximum atomic E-state index is 4.86. The van der Waals surface area contributed by atoms with Crippen molar-refractivity contribution in [2.75, 3.05) is 11.9 Å². The molecule has 27 heavy (non-hydrogen) atoms. The number of rotatable bonds is 2. The Bertz CT molecular complexity index is 1280. The van der Waals surface area contributed by atoms with E-state index >= 15 is 0 Å². The fourth-order valence-corrected chi connectivity index (χ4v) is 3.80. The Morgan fingerprint density at radius 2 is 2.07 bits per heavy atom. The summed E-state index contributed by atoms with van der Waals surface area (Å²) in [6.07, 6.45) is 7.77. The van der Waals surface area contributed by atoms with Gasteiger partial charge in [-0.25, -0.2) is 9.97 Å². The molecule has 5 aromatic rings. The van der Waals surface area contributed by atoms with Gasteiger partial charge >= 0.3 is 0 Å². The molecule has 0 aliphatic carbocycles. The molecule has 0 amide bonds. The highest BCUT2D eigenvalue weighted by Crippen LogP contribution is 2.27. The molecule has 1 unspecified atom stereocenters. The number of H-pyrrole nitrogens is 2. The van der Waals surface area contributed by atoms with E-state index in [9.17, 15) is 0 Å². The summed E-state index contributed by atoms with van der Waals surface area (Å²) in [6.45, 7) is 1.82. The second kappa shape index (κ2) is 5.44. The van der Waals surface area contributed by atoms with E-state index in [4.69, 9.17) is 9.97 Å². The molecule has 0 bridgehead atoms. The summed E-state index contributed by atoms with van der Waals surface area (Å²) in [5.41, 5.74) is 4.66. The molecule has 0 radical (unpaired) electrons. The Balaban J connectivity index is 1.37. The molecular formula is C20H17N7. The minimum atomic E-state index is 0.332. The fourth-order valence-electron chi connectivity index (χ4n) is 3.80. The summed E-state index contributed by atoms with van der Waals surface area (Å²) in [7, 11) is 0. The van der Waals surface area contributed by atoms with Crippen LogP contribution in [0.3, 0.4) is 0 Å². The quantitative estimate of drug-likeness (QED) is 0.452. The fraction of sp³-hybridized carbons (Fsp3) is 0.150. The zero-order valence-corrected chi connectivity index (χ0v) is 14.5. The highest BCUT2D eigenvalue weighted by atomic mass is 15.1. The van der Waals surface area contributed by atoms with Crippen molar-refractivity contribution in [3.05, 3.63) is 60.8 Å². The molecule has 1 aliphatic heterocycles. The molecule has 7 heteroatoms. The number of hydrogen-bond donors (Lipinski definition) is 3. The van der Waals surface area contributed by atoms with Crippen molar-refractivity contribution in [3.63, 3.8) is 0 Å². The summed E-state index contributed by atoms with van der Waals surface area (Å²) in [5, 5.41) is 4.54. The molecule has 0 fully saturated rings. The van der Waals surface area contributed by atoms with Crippen LogP contribution in [-0.4, -0.2) is 36.0 Å². The molecule has 0 saturated heterocycles. The number of nitrogens with zero attached hydrogens (tertiary/aromatic N) is 4. The van der Waals surface area contributed by atoms with Gasteiger partial charge in [-0.3, -0.25) is 4.98 Å². The minimum absolute atomic E-state index is 0.332. The normalized spacial score (nSPS) is 16.5. The molecule has 0 aromatic carbocycles. The van der Waals surface area contributed by atoms with E-state index in [-0.39, 0.29) is 0 Å². The summed E-state index contributed by atoms with van der Waals surface area (Å²) < 4.78 is 2.23. The van der Waals surface area contributed by atoms with Crippen molar-refractivity contribution in [1.82, 2.24) is 29.5 Å². The molecule has 1 aliphatic rings. The molecule has 0 spiro atoms. The van der Waals surface area contributed by atoms with Crippen LogP contribution < -0.4 is 5.32 Å². The molecule has 132 valence electrons. The second-order valence-electron chi connectivity index (χ2n) is 6.97. The minimum Gasteiger partial charge on any atom is -0.371 e. The molecule has 6 rings (SSSR count). The Kier molecular flexibility index (Phi) is 2.93. The Labute approximate surface area is 154 Å². The average molecular weight is 355 g/mol. The van der Waals surface area contributed by atoms with Gasteiger partial charge in [0.25, 0.3) is 0 Å². The van der Waals surface area contributed by atoms with Crippen LogP contribution in [-0.2, 0) is 6.54 Å². The monoisotopic (exact) mass is 355 g/mol. The molecule has 5 aromatic heterocycles. The number of pyridine rings is 2. The Morgan fingerprint density at radius 3 is 3.07 bits per heavy atom. The highest BCUT2D eigenvalue weighted by molar-refractivity contribution is 5.83. The van der Waals surface area contributed by atoms with Crippen molar-refractivity contribution < 1.29 is 0 Å². The van der Waals surface area contributed by atoms with Gasteiger partial charge in [-0.1, -0.05) is 0 Å². The predicted octanol–water partition coefficient (Wildman–Crippen LogP) is 3.51. The third kappa shape index (κ3) is 2.32. The largest absolute Gasteiger partial charge is 0.371 e. The van der Waals surface area contributed by atoms with Crippen molar-refractivity contribution in [3.8, 4) is 11.4 Å². The van der Waals surface area contributed by atoms with Gasteiger partial charge in [0, 0.05) is 60.4 Å². The maximum absolute atomic E-state index is 4.86. The van der Waals surface area contributed by atoms with E-state index in [1.54, 1.807) is 0 Å². The number of aromatic amines is 2. The van der Waals surface area contributed by atoms with Gasteiger partial charge in [0.2, 0.25) is 0 Å². The highest BCUT2D eigenvalue weighted by Gasteiger charge is 2.21. The number of hydrogen-bond acceptors (Lipinski definition) is 4. The molecular weight excluding hydrogens is 338 g/mol. The van der Waals surface area contributed by atoms with Crippen LogP contribution in [0.4, 0.5) is 5.82 Å². The third-order valence-corrected chi connectivity index (χ3v) is 5.24. The van der Waals surface area contributed by atoms with Gasteiger partial charge in [0.15, 0.2) is 5.65 Å². The summed E-state index contributed by atoms with van der Waals surface area (Å²) in [4.78, 5) is 20.5. The van der Waals surface area contributed by atoms with Crippen LogP contribution in [0.25, 0.3) is 33.5 Å². The van der Waals surface area contributed by atoms with E-state index in [2.05, 4.69) is 55.3 Å². The van der Waals surface area contributed by atoms with Crippen LogP contribution in [0.1, 0.15) is 11.6 Å². The first-order valence-electron chi connectivity index (χ1n) is 9.02. The molecule has 7 nitrogen and oxygen atoms in total. The molecule has 0 saturated carbocycles. The van der Waals surface area contributed by atoms with Crippen LogP contribution in [0.2, 0.25) is 0 Å². The van der Waals surface area contributed by atoms with Gasteiger partial charge in [-0.2, -0.15) is 0 Å². The number of fused-ring (bicyclic) bond motifs is 3. The third-order valence-electron chi connectivity index (χ3n) is 5.24. The summed E-state index contributed by atoms with van der Waals surface area (Å²) >= 11 is 0. The van der Waals surface area contributed by atoms with E-state index in [1.165, 1.54) is 5.82 Å². The lowest BCUT2D eigenvalue weighted by molar-refractivity contribution is 0.543. The number of imidazole rings is 1. The van der Waals surface area contributed by atoms with Gasteiger partial charge in [0.1, 0.15) is 17.2 Å². The van der Waals surface area contributed by atoms with Gasteiger partial charge < -0.3 is 19.9 Å². The number of nitrogens with one attached hydrogen (secondary N) is 3. The zero-order chi connectivity index (χ0) is 17.8. The van der Waals surface area contributed by atoms with Gasteiger partial charge in [-0.05, 0) is 30.3 Å². The first-order chi connectivity index (χ1) is 13.3. The molecule has 6 heterocycles. The maximum Gasteiger partial charge on any atom is 0.157 e. The van der Waals surface area contributed by atoms with E-state index in [1.807, 2.05) is 24.7 Å². The summed E-state index contributed by atoms with van der Waals surface area (Å²) in [6, 6.07) is 10.4. The van der Waals surface area contributed by atoms with Crippen LogP contribution >= 0.6 is 0 Å². The topological polar surface area (TPSA) is 87.2 Å². The molecule has 1 atom stereocenters. The first kappa shape index (κ1) is 14.5. The number of aromatic nitrogens is 6. The van der Waals surface area contributed by atoms with E-state index < -0.39 is 0 Å². The van der Waals surface area contributed by atoms with Crippen LogP contribution in [0.15, 0.2) is 55.1 Å². The van der Waals surface area contributed by atoms with Crippen molar-refractivity contribution >= 4 is 27.9 Å². The van der Waals surface area contributed by atoms with E-state index in [0.29, 0.717) is 5.92 Å². The van der Waals surface area contributed by atoms with Crippen LogP contribution in [0.5, 0.6) is 0 Å². The second-order valence-corrected chi connectivity index (χ2v) is 6.97. The van der Waals surface area contributed by atoms with Crippen molar-refractivity contribution in [2.45, 2.75) is 12.5 Å². The lowest BCUT2D eigenvalue weighted by atomic mass is 10.0. The van der Waals surface area contributed by atoms with Gasteiger partial charge in [-0.15, -0.1) is 0 Å².